The molecule has 16 heteroatoms. The van der Waals surface area contributed by atoms with Gasteiger partial charge in [-0.3, -0.25) is 0 Å². The lowest BCUT2D eigenvalue weighted by Gasteiger charge is -2.18. The number of hydrogen-bond donors (Lipinski definition) is 2. The van der Waals surface area contributed by atoms with E-state index in [1.54, 1.807) is 12.3 Å². The van der Waals surface area contributed by atoms with Gasteiger partial charge in [-0.1, -0.05) is 31.2 Å². The van der Waals surface area contributed by atoms with Crippen LogP contribution in [0, 0.1) is 11.6 Å². The Kier molecular flexibility index (Phi) is 8.79. The molecule has 2 aromatic carbocycles. The summed E-state index contributed by atoms with van der Waals surface area (Å²) in [5.74, 6) is -2.20. The number of hydrogen-bond acceptors (Lipinski definition) is 8. The van der Waals surface area contributed by atoms with Crippen molar-refractivity contribution in [2.45, 2.75) is 43.9 Å². The van der Waals surface area contributed by atoms with Crippen molar-refractivity contribution < 1.29 is 31.8 Å². The standard InChI is InChI=1S/C24H26ClF2N5O5S2Si/c1-40(2,3)7-6-37-14-31-23-15(10-30-31)4-5-18(26)16(23)11-28-20-9-19(27)21(8-17(20)25)39(35,36)32(24(33)34)22-12-38-13-29-22/h4-5,8-10,12-13,28H,6-7,11,14H2,1-3H3,(H,33,34). The van der Waals surface area contributed by atoms with E-state index in [9.17, 15) is 22.7 Å². The fraction of sp³-hybridized carbons (Fsp3) is 0.292. The van der Waals surface area contributed by atoms with Gasteiger partial charge in [-0.2, -0.15) is 5.10 Å². The lowest BCUT2D eigenvalue weighted by atomic mass is 10.1. The molecule has 4 rings (SSSR count). The summed E-state index contributed by atoms with van der Waals surface area (Å²) in [5, 5.41) is 18.3. The van der Waals surface area contributed by atoms with Crippen LogP contribution in [0.25, 0.3) is 10.9 Å². The molecule has 2 aromatic heterocycles. The molecule has 0 saturated heterocycles. The van der Waals surface area contributed by atoms with Crippen LogP contribution in [0.1, 0.15) is 5.56 Å². The Labute approximate surface area is 239 Å². The second-order valence-corrected chi connectivity index (χ2v) is 18.5. The van der Waals surface area contributed by atoms with E-state index in [0.29, 0.717) is 17.5 Å². The van der Waals surface area contributed by atoms with Crippen LogP contribution >= 0.6 is 22.9 Å². The van der Waals surface area contributed by atoms with Gasteiger partial charge >= 0.3 is 6.09 Å². The molecule has 4 aromatic rings. The van der Waals surface area contributed by atoms with Crippen LogP contribution in [0.5, 0.6) is 0 Å². The van der Waals surface area contributed by atoms with Gasteiger partial charge in [0.05, 0.1) is 27.9 Å². The Morgan fingerprint density at radius 2 is 2.00 bits per heavy atom. The highest BCUT2D eigenvalue weighted by molar-refractivity contribution is 7.93. The Morgan fingerprint density at radius 1 is 1.25 bits per heavy atom. The first-order valence-electron chi connectivity index (χ1n) is 11.9. The number of halogens is 3. The van der Waals surface area contributed by atoms with Crippen LogP contribution in [-0.2, 0) is 28.0 Å². The Balaban J connectivity index is 1.59. The quantitative estimate of drug-likeness (QED) is 0.148. The number of anilines is 2. The number of amides is 1. The van der Waals surface area contributed by atoms with Gasteiger partial charge in [-0.25, -0.2) is 31.7 Å². The first-order chi connectivity index (χ1) is 18.8. The summed E-state index contributed by atoms with van der Waals surface area (Å²) in [6, 6.07) is 5.44. The molecule has 2 N–H and O–H groups in total. The number of benzene rings is 2. The maximum Gasteiger partial charge on any atom is 0.427 e. The molecule has 0 saturated carbocycles. The highest BCUT2D eigenvalue weighted by Gasteiger charge is 2.35. The van der Waals surface area contributed by atoms with Gasteiger partial charge in [0.1, 0.15) is 23.3 Å². The van der Waals surface area contributed by atoms with E-state index in [-0.39, 0.29) is 33.9 Å². The van der Waals surface area contributed by atoms with Crippen molar-refractivity contribution in [3.8, 4) is 0 Å². The fourth-order valence-corrected chi connectivity index (χ4v) is 6.75. The number of nitrogens with one attached hydrogen (secondary N) is 1. The monoisotopic (exact) mass is 629 g/mol. The predicted octanol–water partition coefficient (Wildman–Crippen LogP) is 6.22. The highest BCUT2D eigenvalue weighted by Crippen LogP contribution is 2.33. The van der Waals surface area contributed by atoms with Crippen LogP contribution in [0.3, 0.4) is 0 Å². The molecule has 40 heavy (non-hydrogen) atoms. The van der Waals surface area contributed by atoms with E-state index in [1.165, 1.54) is 21.6 Å². The molecule has 0 bridgehead atoms. The molecule has 0 aliphatic heterocycles. The zero-order valence-electron chi connectivity index (χ0n) is 21.7. The molecule has 0 aliphatic carbocycles. The van der Waals surface area contributed by atoms with E-state index in [1.807, 2.05) is 0 Å². The normalized spacial score (nSPS) is 12.2. The van der Waals surface area contributed by atoms with Crippen LogP contribution in [0.15, 0.2) is 46.2 Å². The van der Waals surface area contributed by atoms with Crippen LogP contribution < -0.4 is 9.62 Å². The van der Waals surface area contributed by atoms with Crippen molar-refractivity contribution in [2.75, 3.05) is 16.2 Å². The fourth-order valence-electron chi connectivity index (χ4n) is 3.80. The van der Waals surface area contributed by atoms with Gasteiger partial charge in [0.2, 0.25) is 0 Å². The number of sulfonamides is 1. The van der Waals surface area contributed by atoms with Crippen LogP contribution in [0.2, 0.25) is 30.7 Å². The molecule has 214 valence electrons. The van der Waals surface area contributed by atoms with E-state index >= 15 is 4.39 Å². The SMILES string of the molecule is C[Si](C)(C)CCOCn1ncc2ccc(F)c(CNc3cc(F)c(S(=O)(=O)N(C(=O)O)c4cscn4)cc3Cl)c21. The highest BCUT2D eigenvalue weighted by atomic mass is 35.5. The molecule has 0 spiro atoms. The minimum atomic E-state index is -4.91. The zero-order valence-corrected chi connectivity index (χ0v) is 25.1. The third-order valence-corrected chi connectivity index (χ3v) is 10.1. The van der Waals surface area contributed by atoms with E-state index in [0.717, 1.165) is 29.5 Å². The number of rotatable bonds is 11. The zero-order chi connectivity index (χ0) is 29.2. The lowest BCUT2D eigenvalue weighted by Crippen LogP contribution is -2.36. The average molecular weight is 630 g/mol. The Morgan fingerprint density at radius 3 is 2.65 bits per heavy atom. The van der Waals surface area contributed by atoms with Gasteiger partial charge in [0.25, 0.3) is 10.0 Å². The minimum absolute atomic E-state index is 0.0255. The molecule has 0 atom stereocenters. The number of carboxylic acid groups (broad SMARTS) is 1. The molecular formula is C24H26ClF2N5O5S2Si. The smallest absolute Gasteiger partial charge is 0.427 e. The summed E-state index contributed by atoms with van der Waals surface area (Å²) in [7, 11) is -6.20. The number of ether oxygens (including phenoxy) is 1. The lowest BCUT2D eigenvalue weighted by molar-refractivity contribution is 0.0816. The van der Waals surface area contributed by atoms with Gasteiger partial charge in [0, 0.05) is 37.6 Å². The predicted molar refractivity (Wildman–Crippen MR) is 152 cm³/mol. The first kappa shape index (κ1) is 29.9. The summed E-state index contributed by atoms with van der Waals surface area (Å²) < 4.78 is 63.4. The number of fused-ring (bicyclic) bond motifs is 1. The Hall–Kier alpha value is -3.11. The van der Waals surface area contributed by atoms with Crippen molar-refractivity contribution >= 4 is 69.5 Å². The van der Waals surface area contributed by atoms with Crippen molar-refractivity contribution in [2.24, 2.45) is 0 Å². The summed E-state index contributed by atoms with van der Waals surface area (Å²) >= 11 is 7.24. The summed E-state index contributed by atoms with van der Waals surface area (Å²) in [6.45, 7) is 7.22. The number of nitrogens with zero attached hydrogens (tertiary/aromatic N) is 4. The number of carbonyl (C=O) groups is 1. The van der Waals surface area contributed by atoms with Crippen molar-refractivity contribution in [3.63, 3.8) is 0 Å². The minimum Gasteiger partial charge on any atom is -0.464 e. The Bertz CT molecular complexity index is 1650. The van der Waals surface area contributed by atoms with Crippen molar-refractivity contribution in [1.29, 1.82) is 0 Å². The first-order valence-corrected chi connectivity index (χ1v) is 18.4. The van der Waals surface area contributed by atoms with Gasteiger partial charge < -0.3 is 15.2 Å². The molecule has 1 amide bonds. The number of aromatic nitrogens is 3. The maximum atomic E-state index is 15.1. The van der Waals surface area contributed by atoms with E-state index in [2.05, 4.69) is 35.0 Å². The van der Waals surface area contributed by atoms with Gasteiger partial charge in [0.15, 0.2) is 5.82 Å². The second kappa shape index (κ2) is 11.8. The number of thiazole rings is 1. The van der Waals surface area contributed by atoms with Gasteiger partial charge in [-0.05, 0) is 30.3 Å². The van der Waals surface area contributed by atoms with Crippen molar-refractivity contribution in [3.05, 3.63) is 63.6 Å². The largest absolute Gasteiger partial charge is 0.464 e. The summed E-state index contributed by atoms with van der Waals surface area (Å²) in [6.07, 6.45) is -0.281. The molecule has 2 heterocycles. The topological polar surface area (TPSA) is 127 Å². The molecular weight excluding hydrogens is 604 g/mol. The molecule has 0 aliphatic rings. The van der Waals surface area contributed by atoms with Crippen LogP contribution in [-0.4, -0.2) is 49.1 Å². The van der Waals surface area contributed by atoms with E-state index < -0.39 is 46.5 Å². The third kappa shape index (κ3) is 6.44. The average Bonchev–Trinajstić information content (AvgIpc) is 3.52. The van der Waals surface area contributed by atoms with Gasteiger partial charge in [-0.15, -0.1) is 15.6 Å². The summed E-state index contributed by atoms with van der Waals surface area (Å²) in [5.41, 5.74) is 1.92. The molecule has 0 radical (unpaired) electrons. The molecule has 10 nitrogen and oxygen atoms in total. The summed E-state index contributed by atoms with van der Waals surface area (Å²) in [4.78, 5) is 14.4. The van der Waals surface area contributed by atoms with E-state index in [4.69, 9.17) is 16.3 Å². The van der Waals surface area contributed by atoms with Crippen LogP contribution in [0.4, 0.5) is 25.1 Å². The maximum absolute atomic E-state index is 15.1. The molecule has 0 unspecified atom stereocenters. The second-order valence-electron chi connectivity index (χ2n) is 9.97. The van der Waals surface area contributed by atoms with Crippen molar-refractivity contribution in [1.82, 2.24) is 14.8 Å². The third-order valence-electron chi connectivity index (χ3n) is 5.86. The molecule has 0 fully saturated rings.